The number of nitrogens with one attached hydrogen (secondary N) is 1. The molecule has 5 nitrogen and oxygen atoms in total. The quantitative estimate of drug-likeness (QED) is 0.343. The summed E-state index contributed by atoms with van der Waals surface area (Å²) in [4.78, 5) is 13.5. The van der Waals surface area contributed by atoms with Crippen LogP contribution in [-0.2, 0) is 11.2 Å². The summed E-state index contributed by atoms with van der Waals surface area (Å²) < 4.78 is 0. The first-order valence-corrected chi connectivity index (χ1v) is 7.77. The summed E-state index contributed by atoms with van der Waals surface area (Å²) in [6.07, 6.45) is 0.407. The average molecular weight is 317 g/mol. The van der Waals surface area contributed by atoms with E-state index in [0.29, 0.717) is 6.42 Å². The Bertz CT molecular complexity index is 681. The zero-order valence-corrected chi connectivity index (χ0v) is 13.4. The Kier molecular flexibility index (Phi) is 5.16. The Morgan fingerprint density at radius 1 is 1.41 bits per heavy atom. The topological polar surface area (TPSA) is 87.7 Å². The first-order chi connectivity index (χ1) is 10.5. The van der Waals surface area contributed by atoms with E-state index in [-0.39, 0.29) is 11.7 Å². The standard InChI is InChI=1S/C16H19N3O2S/c1-10-5-6-11(2)14(8-10)18-16(20)13(15(17)19-21)9-12-4-3-7-22-12/h3-8,13,21H,9H2,1-2H3,(H2,17,19)(H,18,20)/t13-/m1/s1. The lowest BCUT2D eigenvalue weighted by molar-refractivity contribution is -0.118. The summed E-state index contributed by atoms with van der Waals surface area (Å²) in [6.45, 7) is 3.88. The Hall–Kier alpha value is -2.34. The molecule has 0 spiro atoms. The summed E-state index contributed by atoms with van der Waals surface area (Å²) in [6, 6.07) is 9.67. The maximum Gasteiger partial charge on any atom is 0.235 e. The molecule has 116 valence electrons. The van der Waals surface area contributed by atoms with Gasteiger partial charge in [0, 0.05) is 17.0 Å². The van der Waals surface area contributed by atoms with Gasteiger partial charge in [-0.05, 0) is 42.5 Å². The number of rotatable bonds is 5. The minimum atomic E-state index is -0.705. The fourth-order valence-electron chi connectivity index (χ4n) is 2.12. The fraction of sp³-hybridized carbons (Fsp3) is 0.250. The van der Waals surface area contributed by atoms with Gasteiger partial charge < -0.3 is 16.3 Å². The molecule has 4 N–H and O–H groups in total. The summed E-state index contributed by atoms with van der Waals surface area (Å²) >= 11 is 1.54. The van der Waals surface area contributed by atoms with Crippen LogP contribution in [0.2, 0.25) is 0 Å². The van der Waals surface area contributed by atoms with Crippen LogP contribution in [0.25, 0.3) is 0 Å². The second-order valence-electron chi connectivity index (χ2n) is 5.17. The molecule has 1 amide bonds. The zero-order valence-electron chi connectivity index (χ0n) is 12.5. The van der Waals surface area contributed by atoms with Crippen LogP contribution in [-0.4, -0.2) is 17.0 Å². The number of oxime groups is 1. The Morgan fingerprint density at radius 3 is 2.82 bits per heavy atom. The van der Waals surface area contributed by atoms with Gasteiger partial charge >= 0.3 is 0 Å². The molecular weight excluding hydrogens is 298 g/mol. The van der Waals surface area contributed by atoms with Gasteiger partial charge in [-0.3, -0.25) is 4.79 Å². The normalized spacial score (nSPS) is 12.9. The van der Waals surface area contributed by atoms with Crippen molar-refractivity contribution < 1.29 is 10.0 Å². The van der Waals surface area contributed by atoms with Crippen LogP contribution in [0.3, 0.4) is 0 Å². The number of carbonyl (C=O) groups excluding carboxylic acids is 1. The number of anilines is 1. The fourth-order valence-corrected chi connectivity index (χ4v) is 2.87. The number of nitrogens with two attached hydrogens (primary N) is 1. The Labute approximate surface area is 133 Å². The van der Waals surface area contributed by atoms with Gasteiger partial charge in [-0.1, -0.05) is 23.4 Å². The molecule has 1 aromatic carbocycles. The minimum Gasteiger partial charge on any atom is -0.409 e. The second-order valence-corrected chi connectivity index (χ2v) is 6.20. The lowest BCUT2D eigenvalue weighted by Gasteiger charge is -2.16. The molecule has 0 unspecified atom stereocenters. The minimum absolute atomic E-state index is 0.0868. The Balaban J connectivity index is 2.20. The highest BCUT2D eigenvalue weighted by Crippen LogP contribution is 2.20. The third-order valence-corrected chi connectivity index (χ3v) is 4.32. The average Bonchev–Trinajstić information content (AvgIpc) is 3.00. The molecule has 2 rings (SSSR count). The van der Waals surface area contributed by atoms with Crippen molar-refractivity contribution in [2.75, 3.05) is 5.32 Å². The van der Waals surface area contributed by atoms with Crippen molar-refractivity contribution in [3.63, 3.8) is 0 Å². The van der Waals surface area contributed by atoms with Gasteiger partial charge in [-0.2, -0.15) is 0 Å². The summed E-state index contributed by atoms with van der Waals surface area (Å²) in [5, 5.41) is 16.7. The van der Waals surface area contributed by atoms with Crippen LogP contribution in [0.1, 0.15) is 16.0 Å². The molecule has 0 aliphatic heterocycles. The van der Waals surface area contributed by atoms with Crippen LogP contribution in [0.15, 0.2) is 40.9 Å². The SMILES string of the molecule is Cc1ccc(C)c(NC(=O)[C@H](Cc2cccs2)/C(N)=N\O)c1. The number of carbonyl (C=O) groups is 1. The lowest BCUT2D eigenvalue weighted by atomic mass is 10.0. The molecule has 0 aliphatic carbocycles. The van der Waals surface area contributed by atoms with Gasteiger partial charge in [0.15, 0.2) is 5.84 Å². The van der Waals surface area contributed by atoms with Gasteiger partial charge in [-0.25, -0.2) is 0 Å². The maximum atomic E-state index is 12.5. The largest absolute Gasteiger partial charge is 0.409 e. The van der Waals surface area contributed by atoms with Crippen molar-refractivity contribution in [1.82, 2.24) is 0 Å². The lowest BCUT2D eigenvalue weighted by Crippen LogP contribution is -2.36. The monoisotopic (exact) mass is 317 g/mol. The molecule has 1 atom stereocenters. The van der Waals surface area contributed by atoms with E-state index in [1.807, 2.05) is 49.6 Å². The number of aryl methyl sites for hydroxylation is 2. The highest BCUT2D eigenvalue weighted by atomic mass is 32.1. The number of hydrogen-bond acceptors (Lipinski definition) is 4. The van der Waals surface area contributed by atoms with E-state index in [1.165, 1.54) is 11.3 Å². The molecule has 22 heavy (non-hydrogen) atoms. The molecule has 0 aliphatic rings. The molecule has 1 heterocycles. The van der Waals surface area contributed by atoms with Crippen LogP contribution in [0.5, 0.6) is 0 Å². The van der Waals surface area contributed by atoms with Crippen LogP contribution in [0, 0.1) is 19.8 Å². The van der Waals surface area contributed by atoms with Crippen molar-refractivity contribution in [2.24, 2.45) is 16.8 Å². The van der Waals surface area contributed by atoms with Gasteiger partial charge in [0.25, 0.3) is 0 Å². The summed E-state index contributed by atoms with van der Waals surface area (Å²) in [5.41, 5.74) is 8.46. The van der Waals surface area contributed by atoms with E-state index in [1.54, 1.807) is 0 Å². The molecule has 0 fully saturated rings. The molecule has 2 aromatic rings. The van der Waals surface area contributed by atoms with Crippen molar-refractivity contribution >= 4 is 28.8 Å². The summed E-state index contributed by atoms with van der Waals surface area (Å²) in [7, 11) is 0. The Morgan fingerprint density at radius 2 is 2.18 bits per heavy atom. The van der Waals surface area contributed by atoms with E-state index in [2.05, 4.69) is 10.5 Å². The van der Waals surface area contributed by atoms with E-state index >= 15 is 0 Å². The molecular formula is C16H19N3O2S. The highest BCUT2D eigenvalue weighted by Gasteiger charge is 2.24. The van der Waals surface area contributed by atoms with Gasteiger partial charge in [0.1, 0.15) is 5.92 Å². The van der Waals surface area contributed by atoms with Crippen molar-refractivity contribution in [2.45, 2.75) is 20.3 Å². The third kappa shape index (κ3) is 3.85. The first-order valence-electron chi connectivity index (χ1n) is 6.89. The zero-order chi connectivity index (χ0) is 16.1. The predicted octanol–water partition coefficient (Wildman–Crippen LogP) is 2.91. The second kappa shape index (κ2) is 7.09. The molecule has 0 radical (unpaired) electrons. The smallest absolute Gasteiger partial charge is 0.235 e. The van der Waals surface area contributed by atoms with Crippen molar-refractivity contribution in [3.8, 4) is 0 Å². The number of thiophene rings is 1. The number of amides is 1. The van der Waals surface area contributed by atoms with Crippen LogP contribution < -0.4 is 11.1 Å². The molecule has 1 aromatic heterocycles. The number of nitrogens with zero attached hydrogens (tertiary/aromatic N) is 1. The van der Waals surface area contributed by atoms with Gasteiger partial charge in [-0.15, -0.1) is 11.3 Å². The number of benzene rings is 1. The highest BCUT2D eigenvalue weighted by molar-refractivity contribution is 7.09. The van der Waals surface area contributed by atoms with E-state index in [4.69, 9.17) is 10.9 Å². The summed E-state index contributed by atoms with van der Waals surface area (Å²) in [5.74, 6) is -1.07. The third-order valence-electron chi connectivity index (χ3n) is 3.43. The van der Waals surface area contributed by atoms with Crippen LogP contribution in [0.4, 0.5) is 5.69 Å². The van der Waals surface area contributed by atoms with Crippen molar-refractivity contribution in [3.05, 3.63) is 51.7 Å². The number of hydrogen-bond donors (Lipinski definition) is 3. The molecule has 0 bridgehead atoms. The van der Waals surface area contributed by atoms with E-state index in [9.17, 15) is 4.79 Å². The maximum absolute atomic E-state index is 12.5. The van der Waals surface area contributed by atoms with E-state index in [0.717, 1.165) is 21.7 Å². The van der Waals surface area contributed by atoms with Crippen molar-refractivity contribution in [1.29, 1.82) is 0 Å². The molecule has 0 saturated carbocycles. The first kappa shape index (κ1) is 16.0. The van der Waals surface area contributed by atoms with Gasteiger partial charge in [0.05, 0.1) is 0 Å². The number of amidine groups is 1. The predicted molar refractivity (Wildman–Crippen MR) is 89.5 cm³/mol. The molecule has 6 heteroatoms. The van der Waals surface area contributed by atoms with E-state index < -0.39 is 5.92 Å². The van der Waals surface area contributed by atoms with Crippen LogP contribution >= 0.6 is 11.3 Å². The van der Waals surface area contributed by atoms with Gasteiger partial charge in [0.2, 0.25) is 5.91 Å². The molecule has 0 saturated heterocycles.